The van der Waals surface area contributed by atoms with E-state index in [0.29, 0.717) is 0 Å². The summed E-state index contributed by atoms with van der Waals surface area (Å²) in [7, 11) is -15.0. The molecule has 0 aromatic heterocycles. The summed E-state index contributed by atoms with van der Waals surface area (Å²) >= 11 is 0. The Balaban J connectivity index is -0.0000000410. The molecule has 0 aliphatic carbocycles. The summed E-state index contributed by atoms with van der Waals surface area (Å²) in [5, 5.41) is 16.7. The van der Waals surface area contributed by atoms with Gasteiger partial charge in [-0.1, -0.05) is 0 Å². The van der Waals surface area contributed by atoms with Crippen molar-refractivity contribution in [1.29, 1.82) is 0 Å². The third-order valence-corrected chi connectivity index (χ3v) is 1.91. The quantitative estimate of drug-likeness (QED) is 0.124. The van der Waals surface area contributed by atoms with Gasteiger partial charge in [-0.15, -0.1) is 0 Å². The largest absolute Gasteiger partial charge is 1.00 e. The van der Waals surface area contributed by atoms with Gasteiger partial charge in [-0.05, 0) is 6.16 Å². The zero-order chi connectivity index (χ0) is 15.8. The topological polar surface area (TPSA) is 265 Å². The molecule has 0 rings (SSSR count). The predicted molar refractivity (Wildman–Crippen MR) is 42.9 cm³/mol. The smallest absolute Gasteiger partial charge is 0.726 e. The van der Waals surface area contributed by atoms with Crippen LogP contribution in [0.15, 0.2) is 0 Å². The van der Waals surface area contributed by atoms with E-state index in [9.17, 15) is 9.13 Å². The fourth-order valence-corrected chi connectivity index (χ4v) is 1.25. The summed E-state index contributed by atoms with van der Waals surface area (Å²) in [6.45, 7) is 0. The molecule has 0 aromatic carbocycles. The van der Waals surface area contributed by atoms with Crippen LogP contribution < -0.4 is 98.9 Å². The van der Waals surface area contributed by atoms with Gasteiger partial charge in [0.25, 0.3) is 0 Å². The zero-order valence-corrected chi connectivity index (χ0v) is 19.3. The second kappa shape index (κ2) is 17.2. The zero-order valence-electron chi connectivity index (χ0n) is 10.7. The van der Waals surface area contributed by atoms with Crippen molar-refractivity contribution in [3.05, 3.63) is 0 Å². The average Bonchev–Trinajstić information content (AvgIpc) is 1.67. The first-order valence-electron chi connectivity index (χ1n) is 2.83. The number of phosphoric acid groups is 2. The van der Waals surface area contributed by atoms with E-state index >= 15 is 0 Å². The van der Waals surface area contributed by atoms with Crippen molar-refractivity contribution < 1.29 is 154 Å². The van der Waals surface area contributed by atoms with Crippen LogP contribution in [-0.2, 0) is 23.8 Å². The number of carbonyl (C=O) groups is 1. The minimum atomic E-state index is -5.05. The number of hydrogen-bond acceptors (Lipinski definition) is 9. The molecule has 5 N–H and O–H groups in total. The first kappa shape index (κ1) is 38.8. The fraction of sp³-hybridized carbons (Fsp3) is 0. The van der Waals surface area contributed by atoms with Crippen molar-refractivity contribution in [2.75, 3.05) is 0 Å². The normalized spacial score (nSPS) is 9.81. The van der Waals surface area contributed by atoms with E-state index in [0.717, 1.165) is 0 Å². The summed E-state index contributed by atoms with van der Waals surface area (Å²) in [5.74, 6) is 0. The van der Waals surface area contributed by atoms with Crippen LogP contribution in [0.1, 0.15) is 0 Å². The van der Waals surface area contributed by atoms with E-state index in [4.69, 9.17) is 52.1 Å². The van der Waals surface area contributed by atoms with Crippen LogP contribution >= 0.6 is 15.6 Å². The van der Waals surface area contributed by atoms with Crippen LogP contribution in [0.2, 0.25) is 0 Å². The van der Waals surface area contributed by atoms with Crippen LogP contribution in [0.4, 0.5) is 4.79 Å². The van der Waals surface area contributed by atoms with Gasteiger partial charge in [0.15, 0.2) is 0 Å². The molecule has 20 heteroatoms. The van der Waals surface area contributed by atoms with Gasteiger partial charge in [-0.3, -0.25) is 4.55 Å². The molecule has 0 bridgehead atoms. The number of hydrogen-bond donors (Lipinski definition) is 5. The van der Waals surface area contributed by atoms with E-state index in [2.05, 4.69) is 4.31 Å². The van der Waals surface area contributed by atoms with Gasteiger partial charge in [0, 0.05) is 0 Å². The van der Waals surface area contributed by atoms with Crippen molar-refractivity contribution in [1.82, 2.24) is 0 Å². The van der Waals surface area contributed by atoms with Crippen LogP contribution in [0.25, 0.3) is 0 Å². The second-order valence-corrected chi connectivity index (χ2v) is 5.21. The minimum Gasteiger partial charge on any atom is -0.726 e. The average molecular weight is 404 g/mol. The molecule has 0 aliphatic heterocycles. The van der Waals surface area contributed by atoms with E-state index in [1.165, 1.54) is 0 Å². The van der Waals surface area contributed by atoms with Crippen molar-refractivity contribution in [3.8, 4) is 0 Å². The Bertz CT molecular complexity index is 399. The number of carbonyl (C=O) groups excluding carboxylic acids is 1. The third-order valence-electron chi connectivity index (χ3n) is 0.213. The Hall–Kier alpha value is 2.40. The Morgan fingerprint density at radius 1 is 0.905 bits per heavy atom. The molecule has 112 valence electrons. The maximum Gasteiger partial charge on any atom is 1.00 e. The summed E-state index contributed by atoms with van der Waals surface area (Å²) in [4.78, 5) is 39.3. The molecular formula is CH5Na3O14P2S. The number of carboxylic acid groups (broad SMARTS) is 2. The van der Waals surface area contributed by atoms with Crippen LogP contribution in [0.3, 0.4) is 0 Å². The molecule has 0 atom stereocenters. The van der Waals surface area contributed by atoms with Gasteiger partial charge in [0.2, 0.25) is 10.4 Å². The molecule has 0 aromatic rings. The van der Waals surface area contributed by atoms with Crippen molar-refractivity contribution in [3.63, 3.8) is 0 Å². The first-order valence-corrected chi connectivity index (χ1v) is 7.25. The predicted octanol–water partition coefficient (Wildman–Crippen LogP) is -13.2. The molecule has 0 aliphatic rings. The molecule has 0 unspecified atom stereocenters. The second-order valence-electron chi connectivity index (χ2n) is 1.74. The van der Waals surface area contributed by atoms with Crippen molar-refractivity contribution >= 4 is 32.2 Å². The van der Waals surface area contributed by atoms with Gasteiger partial charge in [0.05, 0.1) is 0 Å². The molecule has 21 heavy (non-hydrogen) atoms. The van der Waals surface area contributed by atoms with Crippen molar-refractivity contribution in [2.24, 2.45) is 0 Å². The van der Waals surface area contributed by atoms with Gasteiger partial charge in [0.1, 0.15) is 0 Å². The van der Waals surface area contributed by atoms with E-state index < -0.39 is 32.2 Å². The van der Waals surface area contributed by atoms with Crippen molar-refractivity contribution in [2.45, 2.75) is 0 Å². The first-order chi connectivity index (χ1) is 7.44. The molecule has 0 saturated heterocycles. The maximum absolute atomic E-state index is 9.63. The fourth-order valence-electron chi connectivity index (χ4n) is 0.139. The molecule has 0 radical (unpaired) electrons. The number of rotatable bonds is 2. The van der Waals surface area contributed by atoms with Gasteiger partial charge in [-0.25, -0.2) is 17.5 Å². The molecule has 0 spiro atoms. The van der Waals surface area contributed by atoms with Gasteiger partial charge >= 0.3 is 104 Å². The molecule has 14 nitrogen and oxygen atoms in total. The molecule has 0 saturated carbocycles. The molecule has 0 amide bonds. The van der Waals surface area contributed by atoms with Gasteiger partial charge in [-0.2, -0.15) is 4.31 Å². The standard InChI is InChI=1S/CH2O3.3Na.H4O7P2.H2O4S/c2-1(3)4;;;;1-8(2,3)7-9(4,5)6;1-5(2,3)4/h(H2,2,3,4);;;;(H2,1,2,3)(H2,4,5,6);(H2,1,2,3,4)/q;3*+1;;/p-3. The van der Waals surface area contributed by atoms with Crippen LogP contribution in [0.5, 0.6) is 0 Å². The Kier molecular flexibility index (Phi) is 31.8. The summed E-state index contributed by atoms with van der Waals surface area (Å²) < 4.78 is 55.0. The van der Waals surface area contributed by atoms with Gasteiger partial charge < -0.3 is 39.1 Å². The SMILES string of the molecule is O=C([O-])[O-].O=P(O)(O)OP(=O)(O)O.O=S(=O)([O-])O.[Na+].[Na+].[Na+]. The molecule has 0 fully saturated rings. The summed E-state index contributed by atoms with van der Waals surface area (Å²) in [6, 6.07) is 0. The monoisotopic (exact) mass is 404 g/mol. The van der Waals surface area contributed by atoms with E-state index in [1.54, 1.807) is 0 Å². The Morgan fingerprint density at radius 2 is 1.00 bits per heavy atom. The summed E-state index contributed by atoms with van der Waals surface area (Å²) in [6.07, 6.45) is -2.33. The minimum absolute atomic E-state index is 0. The third kappa shape index (κ3) is 132. The Labute approximate surface area is 184 Å². The maximum atomic E-state index is 9.63. The van der Waals surface area contributed by atoms with Crippen LogP contribution in [0, 0.1) is 0 Å². The van der Waals surface area contributed by atoms with E-state index in [1.807, 2.05) is 0 Å². The molecular weight excluding hydrogens is 399 g/mol. The van der Waals surface area contributed by atoms with Crippen LogP contribution in [-0.4, -0.2) is 43.3 Å². The van der Waals surface area contributed by atoms with E-state index in [-0.39, 0.29) is 88.7 Å². The molecule has 0 heterocycles. The Morgan fingerprint density at radius 3 is 1.00 bits per heavy atom. The summed E-state index contributed by atoms with van der Waals surface area (Å²) in [5.41, 5.74) is 0.